The SMILES string of the molecule is CCN1CCc2cc(S(=O)(=O)Nc3ccc(C(=O)NC(C)(C)C)cc3)ccc21. The van der Waals surface area contributed by atoms with Gasteiger partial charge in [0.15, 0.2) is 0 Å². The molecule has 7 heteroatoms. The minimum absolute atomic E-state index is 0.194. The van der Waals surface area contributed by atoms with E-state index in [1.807, 2.05) is 26.8 Å². The Bertz CT molecular complexity index is 977. The smallest absolute Gasteiger partial charge is 0.261 e. The van der Waals surface area contributed by atoms with Crippen LogP contribution in [0.25, 0.3) is 0 Å². The minimum atomic E-state index is -3.69. The van der Waals surface area contributed by atoms with Gasteiger partial charge in [-0.1, -0.05) is 0 Å². The summed E-state index contributed by atoms with van der Waals surface area (Å²) >= 11 is 0. The van der Waals surface area contributed by atoms with Crippen LogP contribution < -0.4 is 14.9 Å². The van der Waals surface area contributed by atoms with E-state index < -0.39 is 10.0 Å². The van der Waals surface area contributed by atoms with Gasteiger partial charge < -0.3 is 10.2 Å². The van der Waals surface area contributed by atoms with Crippen LogP contribution in [0.2, 0.25) is 0 Å². The highest BCUT2D eigenvalue weighted by Gasteiger charge is 2.22. The summed E-state index contributed by atoms with van der Waals surface area (Å²) in [7, 11) is -3.69. The zero-order valence-electron chi connectivity index (χ0n) is 16.7. The number of benzene rings is 2. The molecule has 150 valence electrons. The fraction of sp³-hybridized carbons (Fsp3) is 0.381. The van der Waals surface area contributed by atoms with Crippen LogP contribution in [0, 0.1) is 0 Å². The van der Waals surface area contributed by atoms with Gasteiger partial charge in [-0.3, -0.25) is 9.52 Å². The molecule has 0 spiro atoms. The number of carbonyl (C=O) groups is 1. The summed E-state index contributed by atoms with van der Waals surface area (Å²) in [6, 6.07) is 11.7. The highest BCUT2D eigenvalue weighted by molar-refractivity contribution is 7.92. The molecular weight excluding hydrogens is 374 g/mol. The van der Waals surface area contributed by atoms with E-state index in [9.17, 15) is 13.2 Å². The average Bonchev–Trinajstić information content (AvgIpc) is 3.03. The van der Waals surface area contributed by atoms with Gasteiger partial charge in [0.05, 0.1) is 4.90 Å². The van der Waals surface area contributed by atoms with Crippen molar-refractivity contribution in [1.29, 1.82) is 0 Å². The number of hydrogen-bond acceptors (Lipinski definition) is 4. The molecule has 1 amide bonds. The van der Waals surface area contributed by atoms with Gasteiger partial charge >= 0.3 is 0 Å². The summed E-state index contributed by atoms with van der Waals surface area (Å²) in [6.45, 7) is 9.64. The van der Waals surface area contributed by atoms with Crippen LogP contribution in [0.5, 0.6) is 0 Å². The van der Waals surface area contributed by atoms with Crippen molar-refractivity contribution in [3.63, 3.8) is 0 Å². The van der Waals surface area contributed by atoms with Gasteiger partial charge in [0.1, 0.15) is 0 Å². The van der Waals surface area contributed by atoms with Crippen LogP contribution in [-0.2, 0) is 16.4 Å². The van der Waals surface area contributed by atoms with Gasteiger partial charge in [0.25, 0.3) is 15.9 Å². The van der Waals surface area contributed by atoms with Crippen molar-refractivity contribution in [3.8, 4) is 0 Å². The van der Waals surface area contributed by atoms with Crippen molar-refractivity contribution >= 4 is 27.3 Å². The van der Waals surface area contributed by atoms with Gasteiger partial charge in [-0.2, -0.15) is 0 Å². The van der Waals surface area contributed by atoms with Crippen molar-refractivity contribution in [2.45, 2.75) is 44.6 Å². The highest BCUT2D eigenvalue weighted by atomic mass is 32.2. The number of sulfonamides is 1. The molecule has 28 heavy (non-hydrogen) atoms. The van der Waals surface area contributed by atoms with Crippen LogP contribution in [0.3, 0.4) is 0 Å². The van der Waals surface area contributed by atoms with E-state index in [0.29, 0.717) is 11.3 Å². The molecule has 0 fully saturated rings. The lowest BCUT2D eigenvalue weighted by molar-refractivity contribution is 0.0919. The molecule has 0 saturated heterocycles. The molecule has 3 rings (SSSR count). The second-order valence-corrected chi connectivity index (χ2v) is 9.69. The van der Waals surface area contributed by atoms with Crippen molar-refractivity contribution in [1.82, 2.24) is 5.32 Å². The van der Waals surface area contributed by atoms with E-state index in [1.165, 1.54) is 0 Å². The molecule has 2 aromatic carbocycles. The quantitative estimate of drug-likeness (QED) is 0.805. The Morgan fingerprint density at radius 3 is 2.39 bits per heavy atom. The summed E-state index contributed by atoms with van der Waals surface area (Å²) < 4.78 is 28.1. The monoisotopic (exact) mass is 401 g/mol. The van der Waals surface area contributed by atoms with Crippen molar-refractivity contribution in [3.05, 3.63) is 53.6 Å². The number of likely N-dealkylation sites (N-methyl/N-ethyl adjacent to an activating group) is 1. The molecular formula is C21H27N3O3S. The largest absolute Gasteiger partial charge is 0.371 e. The molecule has 0 aromatic heterocycles. The average molecular weight is 402 g/mol. The normalized spacial score (nSPS) is 13.9. The summed E-state index contributed by atoms with van der Waals surface area (Å²) in [6.07, 6.45) is 0.851. The highest BCUT2D eigenvalue weighted by Crippen LogP contribution is 2.30. The first-order chi connectivity index (χ1) is 13.1. The third-order valence-corrected chi connectivity index (χ3v) is 6.00. The van der Waals surface area contributed by atoms with Crippen LogP contribution in [0.4, 0.5) is 11.4 Å². The van der Waals surface area contributed by atoms with E-state index in [0.717, 1.165) is 30.8 Å². The van der Waals surface area contributed by atoms with Crippen LogP contribution in [0.1, 0.15) is 43.6 Å². The molecule has 1 heterocycles. The predicted molar refractivity (Wildman–Crippen MR) is 113 cm³/mol. The fourth-order valence-electron chi connectivity index (χ4n) is 3.26. The number of fused-ring (bicyclic) bond motifs is 1. The molecule has 0 saturated carbocycles. The van der Waals surface area contributed by atoms with E-state index in [1.54, 1.807) is 36.4 Å². The van der Waals surface area contributed by atoms with E-state index in [2.05, 4.69) is 21.9 Å². The first-order valence-electron chi connectivity index (χ1n) is 9.42. The maximum atomic E-state index is 12.8. The third kappa shape index (κ3) is 4.47. The van der Waals surface area contributed by atoms with Gasteiger partial charge in [-0.05, 0) is 82.1 Å². The van der Waals surface area contributed by atoms with Crippen molar-refractivity contribution in [2.75, 3.05) is 22.7 Å². The Balaban J connectivity index is 1.75. The molecule has 1 aliphatic rings. The number of carbonyl (C=O) groups excluding carboxylic acids is 1. The summed E-state index contributed by atoms with van der Waals surface area (Å²) in [5.41, 5.74) is 2.73. The number of nitrogens with zero attached hydrogens (tertiary/aromatic N) is 1. The molecule has 2 N–H and O–H groups in total. The zero-order valence-corrected chi connectivity index (χ0v) is 17.6. The fourth-order valence-corrected chi connectivity index (χ4v) is 4.37. The van der Waals surface area contributed by atoms with E-state index in [4.69, 9.17) is 0 Å². The lowest BCUT2D eigenvalue weighted by Gasteiger charge is -2.20. The zero-order chi connectivity index (χ0) is 20.5. The van der Waals surface area contributed by atoms with Gasteiger partial charge in [-0.15, -0.1) is 0 Å². The molecule has 0 radical (unpaired) electrons. The van der Waals surface area contributed by atoms with Crippen LogP contribution in [0.15, 0.2) is 47.4 Å². The number of nitrogens with one attached hydrogen (secondary N) is 2. The predicted octanol–water partition coefficient (Wildman–Crippen LogP) is 3.40. The first kappa shape index (κ1) is 20.2. The van der Waals surface area contributed by atoms with Crippen molar-refractivity contribution in [2.24, 2.45) is 0 Å². The lowest BCUT2D eigenvalue weighted by Crippen LogP contribution is -2.40. The first-order valence-corrected chi connectivity index (χ1v) is 10.9. The van der Waals surface area contributed by atoms with E-state index in [-0.39, 0.29) is 16.3 Å². The van der Waals surface area contributed by atoms with Gasteiger partial charge in [0.2, 0.25) is 0 Å². The second kappa shape index (κ2) is 7.47. The lowest BCUT2D eigenvalue weighted by atomic mass is 10.1. The molecule has 0 aliphatic carbocycles. The van der Waals surface area contributed by atoms with Gasteiger partial charge in [-0.25, -0.2) is 8.42 Å². The maximum absolute atomic E-state index is 12.8. The Kier molecular flexibility index (Phi) is 5.39. The number of anilines is 2. The number of rotatable bonds is 5. The third-order valence-electron chi connectivity index (χ3n) is 4.62. The Hall–Kier alpha value is -2.54. The van der Waals surface area contributed by atoms with Crippen LogP contribution >= 0.6 is 0 Å². The summed E-state index contributed by atoms with van der Waals surface area (Å²) in [5.74, 6) is -0.194. The molecule has 1 aliphatic heterocycles. The topological polar surface area (TPSA) is 78.5 Å². The van der Waals surface area contributed by atoms with Crippen LogP contribution in [-0.4, -0.2) is 33.0 Å². The Morgan fingerprint density at radius 2 is 1.79 bits per heavy atom. The molecule has 2 aromatic rings. The molecule has 0 atom stereocenters. The Morgan fingerprint density at radius 1 is 1.11 bits per heavy atom. The standard InChI is InChI=1S/C21H27N3O3S/c1-5-24-13-12-16-14-18(10-11-19(16)24)28(26,27)23-17-8-6-15(7-9-17)20(25)22-21(2,3)4/h6-11,14,23H,5,12-13H2,1-4H3,(H,22,25). The second-order valence-electron chi connectivity index (χ2n) is 8.01. The summed E-state index contributed by atoms with van der Waals surface area (Å²) in [4.78, 5) is 14.7. The van der Waals surface area contributed by atoms with E-state index >= 15 is 0 Å². The molecule has 0 bridgehead atoms. The number of hydrogen-bond donors (Lipinski definition) is 2. The summed E-state index contributed by atoms with van der Waals surface area (Å²) in [5, 5.41) is 2.88. The molecule has 6 nitrogen and oxygen atoms in total. The van der Waals surface area contributed by atoms with Gasteiger partial charge in [0, 0.05) is 35.6 Å². The molecule has 0 unspecified atom stereocenters. The minimum Gasteiger partial charge on any atom is -0.371 e. The maximum Gasteiger partial charge on any atom is 0.261 e. The number of amides is 1. The van der Waals surface area contributed by atoms with Crippen molar-refractivity contribution < 1.29 is 13.2 Å². The Labute approximate surface area is 167 Å².